The van der Waals surface area contributed by atoms with Crippen LogP contribution in [0, 0.1) is 5.92 Å². The number of carbonyl (C=O) groups excluding carboxylic acids is 1. The van der Waals surface area contributed by atoms with E-state index in [1.807, 2.05) is 6.07 Å². The Labute approximate surface area is 147 Å². The zero-order chi connectivity index (χ0) is 17.0. The van der Waals surface area contributed by atoms with Crippen molar-refractivity contribution in [2.45, 2.75) is 51.6 Å². The molecule has 0 bridgehead atoms. The van der Waals surface area contributed by atoms with E-state index in [1.54, 1.807) is 0 Å². The van der Waals surface area contributed by atoms with Gasteiger partial charge in [0.05, 0.1) is 0 Å². The molecule has 2 aromatic carbocycles. The molecule has 1 aliphatic rings. The second kappa shape index (κ2) is 7.48. The van der Waals surface area contributed by atoms with Crippen molar-refractivity contribution >= 4 is 24.2 Å². The van der Waals surface area contributed by atoms with Gasteiger partial charge >= 0.3 is 0 Å². The number of benzene rings is 2. The molecule has 3 rings (SSSR count). The van der Waals surface area contributed by atoms with Gasteiger partial charge in [-0.05, 0) is 11.1 Å². The number of carbonyl (C=O) groups is 1. The van der Waals surface area contributed by atoms with Crippen LogP contribution in [0.5, 0.6) is 0 Å². The van der Waals surface area contributed by atoms with Crippen LogP contribution in [0.2, 0.25) is 13.1 Å². The van der Waals surface area contributed by atoms with E-state index in [0.29, 0.717) is 11.7 Å². The number of hydrogen-bond acceptors (Lipinski definition) is 1. The summed E-state index contributed by atoms with van der Waals surface area (Å²) in [4.78, 5) is 13.0. The number of hydrogen-bond donors (Lipinski definition) is 0. The van der Waals surface area contributed by atoms with Gasteiger partial charge in [-0.2, -0.15) is 0 Å². The van der Waals surface area contributed by atoms with Crippen molar-refractivity contribution in [3.8, 4) is 0 Å². The van der Waals surface area contributed by atoms with E-state index in [9.17, 15) is 4.79 Å². The van der Waals surface area contributed by atoms with Crippen molar-refractivity contribution in [2.75, 3.05) is 0 Å². The minimum atomic E-state index is -1.85. The second-order valence-electron chi connectivity index (χ2n) is 7.67. The Kier molecular flexibility index (Phi) is 5.35. The van der Waals surface area contributed by atoms with Gasteiger partial charge < -0.3 is 0 Å². The fourth-order valence-corrected chi connectivity index (χ4v) is 6.79. The van der Waals surface area contributed by atoms with Gasteiger partial charge in [0, 0.05) is 12.0 Å². The van der Waals surface area contributed by atoms with Crippen LogP contribution in [0.3, 0.4) is 0 Å². The molecule has 0 heterocycles. The number of rotatable bonds is 5. The van der Waals surface area contributed by atoms with Crippen LogP contribution in [-0.4, -0.2) is 13.9 Å². The standard InChI is InChI=1S/C22H28OSi/c1-24(2,19-13-7-4-8-14-19)22-16-10-9-15-20(22)21(23)17-18-11-5-3-6-12-18/h4,7-10,13-16,18H,3,5-6,11-12,17H2,1-2H3. The maximum Gasteiger partial charge on any atom is 0.163 e. The molecule has 0 aromatic heterocycles. The first-order valence-corrected chi connectivity index (χ1v) is 12.3. The topological polar surface area (TPSA) is 17.1 Å². The SMILES string of the molecule is C[Si](C)(c1ccccc1)c1ccccc1C(=O)CC1CCCCC1. The molecule has 2 heteroatoms. The van der Waals surface area contributed by atoms with Gasteiger partial charge in [-0.25, -0.2) is 0 Å². The van der Waals surface area contributed by atoms with Gasteiger partial charge in [0.2, 0.25) is 0 Å². The van der Waals surface area contributed by atoms with E-state index in [0.717, 1.165) is 12.0 Å². The summed E-state index contributed by atoms with van der Waals surface area (Å²) in [5.41, 5.74) is 0.976. The molecule has 2 aromatic rings. The monoisotopic (exact) mass is 336 g/mol. The first-order valence-electron chi connectivity index (χ1n) is 9.27. The van der Waals surface area contributed by atoms with E-state index >= 15 is 0 Å². The second-order valence-corrected chi connectivity index (χ2v) is 12.0. The van der Waals surface area contributed by atoms with Crippen molar-refractivity contribution in [3.63, 3.8) is 0 Å². The third-order valence-electron chi connectivity index (χ3n) is 5.60. The van der Waals surface area contributed by atoms with Gasteiger partial charge in [-0.1, -0.05) is 105 Å². The number of ketones is 1. The Morgan fingerprint density at radius 1 is 0.917 bits per heavy atom. The summed E-state index contributed by atoms with van der Waals surface area (Å²) in [6.07, 6.45) is 7.13. The predicted octanol–water partition coefficient (Wildman–Crippen LogP) is 4.66. The molecule has 1 fully saturated rings. The number of Topliss-reactive ketones (excluding diaryl/α,β-unsaturated/α-hetero) is 1. The summed E-state index contributed by atoms with van der Waals surface area (Å²) < 4.78 is 0. The Bertz CT molecular complexity index is 684. The average Bonchev–Trinajstić information content (AvgIpc) is 2.63. The zero-order valence-electron chi connectivity index (χ0n) is 14.9. The maximum absolute atomic E-state index is 13.0. The Hall–Kier alpha value is -1.67. The lowest BCUT2D eigenvalue weighted by Crippen LogP contribution is -2.54. The highest BCUT2D eigenvalue weighted by molar-refractivity contribution is 7.01. The third-order valence-corrected chi connectivity index (χ3v) is 9.15. The van der Waals surface area contributed by atoms with Crippen LogP contribution in [0.4, 0.5) is 0 Å². The summed E-state index contributed by atoms with van der Waals surface area (Å²) in [6.45, 7) is 4.71. The van der Waals surface area contributed by atoms with E-state index in [4.69, 9.17) is 0 Å². The third kappa shape index (κ3) is 3.70. The van der Waals surface area contributed by atoms with Gasteiger partial charge in [-0.3, -0.25) is 4.79 Å². The summed E-state index contributed by atoms with van der Waals surface area (Å²) in [5, 5.41) is 2.68. The summed E-state index contributed by atoms with van der Waals surface area (Å²) >= 11 is 0. The van der Waals surface area contributed by atoms with Crippen LogP contribution in [-0.2, 0) is 0 Å². The van der Waals surface area contributed by atoms with Crippen molar-refractivity contribution in [1.29, 1.82) is 0 Å². The maximum atomic E-state index is 13.0. The highest BCUT2D eigenvalue weighted by Gasteiger charge is 2.30. The fourth-order valence-electron chi connectivity index (χ4n) is 4.05. The van der Waals surface area contributed by atoms with Crippen molar-refractivity contribution in [1.82, 2.24) is 0 Å². The molecule has 0 N–H and O–H groups in total. The molecule has 1 nitrogen and oxygen atoms in total. The molecular weight excluding hydrogens is 308 g/mol. The molecule has 1 saturated carbocycles. The van der Waals surface area contributed by atoms with Crippen molar-refractivity contribution < 1.29 is 4.79 Å². The quantitative estimate of drug-likeness (QED) is 0.573. The fraction of sp³-hybridized carbons (Fsp3) is 0.409. The van der Waals surface area contributed by atoms with Gasteiger partial charge in [0.15, 0.2) is 5.78 Å². The van der Waals surface area contributed by atoms with E-state index in [2.05, 4.69) is 61.6 Å². The molecule has 0 saturated heterocycles. The van der Waals surface area contributed by atoms with Gasteiger partial charge in [0.25, 0.3) is 0 Å². The van der Waals surface area contributed by atoms with E-state index in [-0.39, 0.29) is 0 Å². The van der Waals surface area contributed by atoms with Crippen LogP contribution in [0.25, 0.3) is 0 Å². The summed E-state index contributed by atoms with van der Waals surface area (Å²) in [6, 6.07) is 19.1. The Morgan fingerprint density at radius 3 is 2.25 bits per heavy atom. The normalized spacial score (nSPS) is 16.1. The molecule has 1 aliphatic carbocycles. The first kappa shape index (κ1) is 17.2. The molecule has 126 valence electrons. The van der Waals surface area contributed by atoms with Crippen LogP contribution in [0.1, 0.15) is 48.9 Å². The first-order chi connectivity index (χ1) is 11.6. The average molecular weight is 337 g/mol. The lowest BCUT2D eigenvalue weighted by molar-refractivity contribution is 0.0951. The van der Waals surface area contributed by atoms with Gasteiger partial charge in [0.1, 0.15) is 8.07 Å². The molecule has 0 radical (unpaired) electrons. The Balaban J connectivity index is 1.88. The minimum absolute atomic E-state index is 0.356. The van der Waals surface area contributed by atoms with Crippen LogP contribution < -0.4 is 10.4 Å². The molecule has 24 heavy (non-hydrogen) atoms. The minimum Gasteiger partial charge on any atom is -0.294 e. The van der Waals surface area contributed by atoms with E-state index in [1.165, 1.54) is 42.5 Å². The Morgan fingerprint density at radius 2 is 1.54 bits per heavy atom. The molecule has 0 amide bonds. The van der Waals surface area contributed by atoms with E-state index < -0.39 is 8.07 Å². The lowest BCUT2D eigenvalue weighted by atomic mass is 9.85. The molecule has 0 atom stereocenters. The summed E-state index contributed by atoms with van der Waals surface area (Å²) in [7, 11) is -1.85. The summed E-state index contributed by atoms with van der Waals surface area (Å²) in [5.74, 6) is 0.954. The zero-order valence-corrected chi connectivity index (χ0v) is 15.9. The lowest BCUT2D eigenvalue weighted by Gasteiger charge is -2.27. The van der Waals surface area contributed by atoms with Crippen LogP contribution >= 0.6 is 0 Å². The largest absolute Gasteiger partial charge is 0.294 e. The van der Waals surface area contributed by atoms with Gasteiger partial charge in [-0.15, -0.1) is 0 Å². The highest BCUT2D eigenvalue weighted by atomic mass is 28.3. The molecule has 0 spiro atoms. The van der Waals surface area contributed by atoms with Crippen molar-refractivity contribution in [3.05, 3.63) is 60.2 Å². The predicted molar refractivity (Wildman–Crippen MR) is 105 cm³/mol. The van der Waals surface area contributed by atoms with Crippen LogP contribution in [0.15, 0.2) is 54.6 Å². The molecule has 0 aliphatic heterocycles. The molecule has 0 unspecified atom stereocenters. The van der Waals surface area contributed by atoms with Crippen molar-refractivity contribution in [2.24, 2.45) is 5.92 Å². The molecular formula is C22H28OSi. The highest BCUT2D eigenvalue weighted by Crippen LogP contribution is 2.27. The smallest absolute Gasteiger partial charge is 0.163 e.